The average Bonchev–Trinajstić information content (AvgIpc) is 2.24. The Balaban J connectivity index is 2.44. The molecule has 1 atom stereocenters. The summed E-state index contributed by atoms with van der Waals surface area (Å²) >= 11 is 0. The molecular weight excluding hydrogens is 210 g/mol. The van der Waals surface area contributed by atoms with E-state index in [-0.39, 0.29) is 6.61 Å². The summed E-state index contributed by atoms with van der Waals surface area (Å²) in [7, 11) is 0. The normalized spacial score (nSPS) is 28.4. The van der Waals surface area contributed by atoms with Gasteiger partial charge in [0.1, 0.15) is 0 Å². The molecule has 0 aromatic rings. The van der Waals surface area contributed by atoms with Crippen LogP contribution in [-0.4, -0.2) is 23.8 Å². The fourth-order valence-electron chi connectivity index (χ4n) is 3.15. The van der Waals surface area contributed by atoms with Crippen LogP contribution in [0, 0.1) is 17.3 Å². The third-order valence-corrected chi connectivity index (χ3v) is 4.31. The van der Waals surface area contributed by atoms with Crippen molar-refractivity contribution >= 4 is 0 Å². The molecule has 1 aliphatic rings. The zero-order valence-electron chi connectivity index (χ0n) is 12.3. The summed E-state index contributed by atoms with van der Waals surface area (Å²) in [4.78, 5) is 0. The van der Waals surface area contributed by atoms with E-state index >= 15 is 0 Å². The first-order valence-corrected chi connectivity index (χ1v) is 7.21. The van der Waals surface area contributed by atoms with Gasteiger partial charge in [0.15, 0.2) is 0 Å². The van der Waals surface area contributed by atoms with Gasteiger partial charge in [0.25, 0.3) is 0 Å². The van der Waals surface area contributed by atoms with E-state index in [2.05, 4.69) is 39.9 Å². The molecule has 0 amide bonds. The van der Waals surface area contributed by atoms with Crippen LogP contribution in [0.2, 0.25) is 0 Å². The highest BCUT2D eigenvalue weighted by Gasteiger charge is 2.32. The molecule has 2 nitrogen and oxygen atoms in total. The topological polar surface area (TPSA) is 32.3 Å². The zero-order valence-corrected chi connectivity index (χ0v) is 12.3. The van der Waals surface area contributed by atoms with Crippen LogP contribution >= 0.6 is 0 Å². The van der Waals surface area contributed by atoms with Crippen molar-refractivity contribution in [2.24, 2.45) is 17.3 Å². The molecule has 2 heteroatoms. The van der Waals surface area contributed by atoms with Gasteiger partial charge in [0.05, 0.1) is 6.61 Å². The van der Waals surface area contributed by atoms with Crippen LogP contribution in [0.1, 0.15) is 60.3 Å². The van der Waals surface area contributed by atoms with Crippen molar-refractivity contribution in [3.63, 3.8) is 0 Å². The first-order chi connectivity index (χ1) is 7.84. The number of hydrogen-bond acceptors (Lipinski definition) is 2. The Morgan fingerprint density at radius 1 is 1.12 bits per heavy atom. The van der Waals surface area contributed by atoms with E-state index in [1.165, 1.54) is 25.7 Å². The summed E-state index contributed by atoms with van der Waals surface area (Å²) in [5.41, 5.74) is 0.450. The van der Waals surface area contributed by atoms with Gasteiger partial charge in [-0.2, -0.15) is 0 Å². The van der Waals surface area contributed by atoms with Crippen molar-refractivity contribution in [3.8, 4) is 0 Å². The summed E-state index contributed by atoms with van der Waals surface area (Å²) in [6.07, 6.45) is 5.19. The SMILES string of the molecule is CC(C)NC(CO)C1CCC(C(C)(C)C)CC1. The second kappa shape index (κ2) is 6.19. The smallest absolute Gasteiger partial charge is 0.0587 e. The van der Waals surface area contributed by atoms with Gasteiger partial charge in [0.2, 0.25) is 0 Å². The molecule has 0 aromatic heterocycles. The highest BCUT2D eigenvalue weighted by Crippen LogP contribution is 2.40. The molecule has 1 fully saturated rings. The van der Waals surface area contributed by atoms with Crippen molar-refractivity contribution in [1.82, 2.24) is 5.32 Å². The first kappa shape index (κ1) is 15.0. The number of nitrogens with one attached hydrogen (secondary N) is 1. The van der Waals surface area contributed by atoms with E-state index in [0.717, 1.165) is 5.92 Å². The minimum atomic E-state index is 0.281. The van der Waals surface area contributed by atoms with E-state index in [1.54, 1.807) is 0 Å². The molecular formula is C15H31NO. The molecule has 0 radical (unpaired) electrons. The largest absolute Gasteiger partial charge is 0.395 e. The maximum absolute atomic E-state index is 9.49. The van der Waals surface area contributed by atoms with Gasteiger partial charge in [-0.1, -0.05) is 34.6 Å². The predicted molar refractivity (Wildman–Crippen MR) is 74.0 cm³/mol. The summed E-state index contributed by atoms with van der Waals surface area (Å²) in [6, 6.07) is 0.767. The molecule has 17 heavy (non-hydrogen) atoms. The van der Waals surface area contributed by atoms with Gasteiger partial charge in [0, 0.05) is 12.1 Å². The van der Waals surface area contributed by atoms with Gasteiger partial charge < -0.3 is 10.4 Å². The molecule has 0 spiro atoms. The predicted octanol–water partition coefficient (Wildman–Crippen LogP) is 3.20. The molecule has 0 saturated heterocycles. The fourth-order valence-corrected chi connectivity index (χ4v) is 3.15. The van der Waals surface area contributed by atoms with Crippen LogP contribution in [0.15, 0.2) is 0 Å². The van der Waals surface area contributed by atoms with E-state index < -0.39 is 0 Å². The van der Waals surface area contributed by atoms with Gasteiger partial charge in [-0.15, -0.1) is 0 Å². The Kier molecular flexibility index (Phi) is 5.46. The van der Waals surface area contributed by atoms with Crippen LogP contribution in [0.3, 0.4) is 0 Å². The van der Waals surface area contributed by atoms with Crippen LogP contribution < -0.4 is 5.32 Å². The quantitative estimate of drug-likeness (QED) is 0.792. The van der Waals surface area contributed by atoms with E-state index in [0.29, 0.717) is 23.4 Å². The molecule has 102 valence electrons. The highest BCUT2D eigenvalue weighted by molar-refractivity contribution is 4.86. The fraction of sp³-hybridized carbons (Fsp3) is 1.00. The third-order valence-electron chi connectivity index (χ3n) is 4.31. The summed E-state index contributed by atoms with van der Waals surface area (Å²) in [5, 5.41) is 13.0. The van der Waals surface area contributed by atoms with E-state index in [9.17, 15) is 5.11 Å². The molecule has 1 rings (SSSR count). The Bertz CT molecular complexity index is 211. The molecule has 0 bridgehead atoms. The molecule has 1 saturated carbocycles. The molecule has 0 heterocycles. The number of aliphatic hydroxyl groups excluding tert-OH is 1. The molecule has 1 unspecified atom stereocenters. The van der Waals surface area contributed by atoms with Gasteiger partial charge in [-0.3, -0.25) is 0 Å². The molecule has 0 aromatic carbocycles. The Morgan fingerprint density at radius 2 is 1.65 bits per heavy atom. The number of rotatable bonds is 4. The minimum absolute atomic E-state index is 0.281. The van der Waals surface area contributed by atoms with Crippen molar-refractivity contribution in [1.29, 1.82) is 0 Å². The van der Waals surface area contributed by atoms with Crippen LogP contribution in [0.25, 0.3) is 0 Å². The van der Waals surface area contributed by atoms with Crippen molar-refractivity contribution in [2.45, 2.75) is 72.4 Å². The van der Waals surface area contributed by atoms with Gasteiger partial charge in [-0.05, 0) is 42.9 Å². The molecule has 1 aliphatic carbocycles. The van der Waals surface area contributed by atoms with Crippen LogP contribution in [-0.2, 0) is 0 Å². The standard InChI is InChI=1S/C15H31NO/c1-11(2)16-14(10-17)12-6-8-13(9-7-12)15(3,4)5/h11-14,16-17H,6-10H2,1-5H3. The summed E-state index contributed by atoms with van der Waals surface area (Å²) in [6.45, 7) is 11.7. The van der Waals surface area contributed by atoms with Crippen LogP contribution in [0.5, 0.6) is 0 Å². The average molecular weight is 241 g/mol. The highest BCUT2D eigenvalue weighted by atomic mass is 16.3. The lowest BCUT2D eigenvalue weighted by Crippen LogP contribution is -2.44. The monoisotopic (exact) mass is 241 g/mol. The second-order valence-corrected chi connectivity index (χ2v) is 7.09. The van der Waals surface area contributed by atoms with Crippen molar-refractivity contribution < 1.29 is 5.11 Å². The summed E-state index contributed by atoms with van der Waals surface area (Å²) < 4.78 is 0. The van der Waals surface area contributed by atoms with E-state index in [4.69, 9.17) is 0 Å². The van der Waals surface area contributed by atoms with Crippen molar-refractivity contribution in [3.05, 3.63) is 0 Å². The lowest BCUT2D eigenvalue weighted by molar-refractivity contribution is 0.107. The van der Waals surface area contributed by atoms with Gasteiger partial charge >= 0.3 is 0 Å². The Morgan fingerprint density at radius 3 is 2.00 bits per heavy atom. The molecule has 2 N–H and O–H groups in total. The number of aliphatic hydroxyl groups is 1. The maximum Gasteiger partial charge on any atom is 0.0587 e. The number of hydrogen-bond donors (Lipinski definition) is 2. The maximum atomic E-state index is 9.49. The summed E-state index contributed by atoms with van der Waals surface area (Å²) in [5.74, 6) is 1.53. The van der Waals surface area contributed by atoms with Crippen LogP contribution in [0.4, 0.5) is 0 Å². The lowest BCUT2D eigenvalue weighted by Gasteiger charge is -2.39. The Labute approximate surface area is 107 Å². The Hall–Kier alpha value is -0.0800. The molecule has 0 aliphatic heterocycles. The lowest BCUT2D eigenvalue weighted by atomic mass is 9.68. The van der Waals surface area contributed by atoms with Crippen molar-refractivity contribution in [2.75, 3.05) is 6.61 Å². The van der Waals surface area contributed by atoms with Gasteiger partial charge in [-0.25, -0.2) is 0 Å². The first-order valence-electron chi connectivity index (χ1n) is 7.21. The zero-order chi connectivity index (χ0) is 13.1. The minimum Gasteiger partial charge on any atom is -0.395 e. The van der Waals surface area contributed by atoms with E-state index in [1.807, 2.05) is 0 Å². The second-order valence-electron chi connectivity index (χ2n) is 7.09. The third kappa shape index (κ3) is 4.59.